The third-order valence-electron chi connectivity index (χ3n) is 2.31. The van der Waals surface area contributed by atoms with E-state index >= 15 is 0 Å². The number of sulfonamides is 1. The molecule has 0 aliphatic carbocycles. The van der Waals surface area contributed by atoms with Crippen LogP contribution in [-0.2, 0) is 10.0 Å². The maximum Gasteiger partial charge on any atom is 0.242 e. The van der Waals surface area contributed by atoms with E-state index in [9.17, 15) is 12.8 Å². The third kappa shape index (κ3) is 4.57. The molecule has 0 heterocycles. The topological polar surface area (TPSA) is 58.2 Å². The molecular formula is C11H15Cl2FN2O2S. The van der Waals surface area contributed by atoms with Crippen LogP contribution in [0, 0.1) is 5.82 Å². The summed E-state index contributed by atoms with van der Waals surface area (Å²) >= 11 is 11.2. The number of rotatable bonds is 7. The summed E-state index contributed by atoms with van der Waals surface area (Å²) < 4.78 is 39.6. The molecule has 1 rings (SSSR count). The summed E-state index contributed by atoms with van der Waals surface area (Å²) in [5, 5.41) is 2.33. The molecule has 1 aromatic rings. The molecular weight excluding hydrogens is 314 g/mol. The van der Waals surface area contributed by atoms with Crippen LogP contribution in [0.5, 0.6) is 0 Å². The van der Waals surface area contributed by atoms with E-state index in [1.54, 1.807) is 0 Å². The number of nitrogens with one attached hydrogen (secondary N) is 2. The van der Waals surface area contributed by atoms with Crippen molar-refractivity contribution in [2.75, 3.05) is 19.6 Å². The van der Waals surface area contributed by atoms with Crippen molar-refractivity contribution < 1.29 is 12.8 Å². The lowest BCUT2D eigenvalue weighted by Gasteiger charge is -2.09. The zero-order chi connectivity index (χ0) is 14.5. The molecule has 0 saturated heterocycles. The Bertz CT molecular complexity index is 538. The smallest absolute Gasteiger partial charge is 0.242 e. The van der Waals surface area contributed by atoms with Gasteiger partial charge in [0, 0.05) is 13.1 Å². The van der Waals surface area contributed by atoms with Crippen molar-refractivity contribution in [2.24, 2.45) is 0 Å². The summed E-state index contributed by atoms with van der Waals surface area (Å²) in [6.45, 7) is 3.50. The van der Waals surface area contributed by atoms with Crippen LogP contribution < -0.4 is 10.0 Å². The van der Waals surface area contributed by atoms with Crippen molar-refractivity contribution >= 4 is 33.2 Å². The number of hydrogen-bond acceptors (Lipinski definition) is 3. The molecule has 0 radical (unpaired) electrons. The monoisotopic (exact) mass is 328 g/mol. The van der Waals surface area contributed by atoms with Gasteiger partial charge in [-0.15, -0.1) is 0 Å². The quantitative estimate of drug-likeness (QED) is 0.597. The molecule has 0 amide bonds. The highest BCUT2D eigenvalue weighted by molar-refractivity contribution is 7.89. The Morgan fingerprint density at radius 3 is 2.53 bits per heavy atom. The molecule has 0 spiro atoms. The summed E-state index contributed by atoms with van der Waals surface area (Å²) in [5.74, 6) is -0.935. The van der Waals surface area contributed by atoms with E-state index in [1.807, 2.05) is 6.92 Å². The molecule has 108 valence electrons. The minimum atomic E-state index is -3.84. The minimum absolute atomic E-state index is 0.197. The lowest BCUT2D eigenvalue weighted by atomic mass is 10.3. The van der Waals surface area contributed by atoms with Gasteiger partial charge in [0.05, 0.1) is 10.0 Å². The fourth-order valence-electron chi connectivity index (χ4n) is 1.37. The molecule has 8 heteroatoms. The molecule has 0 aromatic heterocycles. The molecule has 0 atom stereocenters. The van der Waals surface area contributed by atoms with Crippen LogP contribution >= 0.6 is 23.2 Å². The fraction of sp³-hybridized carbons (Fsp3) is 0.455. The zero-order valence-electron chi connectivity index (χ0n) is 10.3. The Hall–Kier alpha value is -0.400. The Morgan fingerprint density at radius 1 is 1.21 bits per heavy atom. The van der Waals surface area contributed by atoms with Gasteiger partial charge >= 0.3 is 0 Å². The van der Waals surface area contributed by atoms with E-state index in [0.717, 1.165) is 19.0 Å². The standard InChI is InChI=1S/C11H15Cl2FN2O2S/c1-2-5-15-6-7-16-19(17,18)9-4-3-8(12)11(14)10(9)13/h3-4,15-16H,2,5-7H2,1H3. The first-order valence-electron chi connectivity index (χ1n) is 5.74. The van der Waals surface area contributed by atoms with E-state index in [4.69, 9.17) is 23.2 Å². The number of halogens is 3. The predicted octanol–water partition coefficient (Wildman–Crippen LogP) is 2.41. The molecule has 19 heavy (non-hydrogen) atoms. The average Bonchev–Trinajstić information content (AvgIpc) is 2.35. The van der Waals surface area contributed by atoms with E-state index < -0.39 is 20.9 Å². The van der Waals surface area contributed by atoms with Crippen LogP contribution in [0.25, 0.3) is 0 Å². The Kier molecular flexibility index (Phi) is 6.49. The van der Waals surface area contributed by atoms with Crippen molar-refractivity contribution in [3.63, 3.8) is 0 Å². The van der Waals surface area contributed by atoms with E-state index in [0.29, 0.717) is 6.54 Å². The second-order valence-corrected chi connectivity index (χ2v) is 6.34. The Labute approximate surface area is 122 Å². The Morgan fingerprint density at radius 2 is 1.89 bits per heavy atom. The first-order chi connectivity index (χ1) is 8.90. The van der Waals surface area contributed by atoms with Gasteiger partial charge in [0.2, 0.25) is 10.0 Å². The molecule has 2 N–H and O–H groups in total. The van der Waals surface area contributed by atoms with Crippen molar-refractivity contribution in [1.82, 2.24) is 10.0 Å². The van der Waals surface area contributed by atoms with Crippen LogP contribution in [0.2, 0.25) is 10.0 Å². The highest BCUT2D eigenvalue weighted by atomic mass is 35.5. The van der Waals surface area contributed by atoms with Gasteiger partial charge in [0.1, 0.15) is 4.90 Å². The van der Waals surface area contributed by atoms with Gasteiger partial charge in [0.25, 0.3) is 0 Å². The fourth-order valence-corrected chi connectivity index (χ4v) is 3.14. The van der Waals surface area contributed by atoms with E-state index in [2.05, 4.69) is 10.0 Å². The lowest BCUT2D eigenvalue weighted by molar-refractivity contribution is 0.572. The van der Waals surface area contributed by atoms with Crippen molar-refractivity contribution in [1.29, 1.82) is 0 Å². The van der Waals surface area contributed by atoms with Gasteiger partial charge in [-0.05, 0) is 25.1 Å². The van der Waals surface area contributed by atoms with Crippen LogP contribution in [0.3, 0.4) is 0 Å². The van der Waals surface area contributed by atoms with E-state index in [1.165, 1.54) is 6.07 Å². The molecule has 0 saturated carbocycles. The molecule has 4 nitrogen and oxygen atoms in total. The van der Waals surface area contributed by atoms with Gasteiger partial charge in [-0.2, -0.15) is 0 Å². The van der Waals surface area contributed by atoms with Gasteiger partial charge in [-0.1, -0.05) is 30.1 Å². The van der Waals surface area contributed by atoms with Crippen LogP contribution in [-0.4, -0.2) is 28.1 Å². The van der Waals surface area contributed by atoms with Crippen LogP contribution in [0.15, 0.2) is 17.0 Å². The van der Waals surface area contributed by atoms with Gasteiger partial charge in [0.15, 0.2) is 5.82 Å². The predicted molar refractivity (Wildman–Crippen MR) is 74.8 cm³/mol. The largest absolute Gasteiger partial charge is 0.315 e. The van der Waals surface area contributed by atoms with Crippen LogP contribution in [0.1, 0.15) is 13.3 Å². The molecule has 0 aliphatic rings. The van der Waals surface area contributed by atoms with Crippen LogP contribution in [0.4, 0.5) is 4.39 Å². The van der Waals surface area contributed by atoms with Crippen molar-refractivity contribution in [3.05, 3.63) is 28.0 Å². The SMILES string of the molecule is CCCNCCNS(=O)(=O)c1ccc(Cl)c(F)c1Cl. The summed E-state index contributed by atoms with van der Waals surface area (Å²) in [7, 11) is -3.84. The highest BCUT2D eigenvalue weighted by Crippen LogP contribution is 2.29. The lowest BCUT2D eigenvalue weighted by Crippen LogP contribution is -2.32. The average molecular weight is 329 g/mol. The molecule has 0 unspecified atom stereocenters. The summed E-state index contributed by atoms with van der Waals surface area (Å²) in [6, 6.07) is 2.34. The third-order valence-corrected chi connectivity index (χ3v) is 4.59. The first kappa shape index (κ1) is 16.7. The molecule has 0 bridgehead atoms. The molecule has 0 fully saturated rings. The van der Waals surface area contributed by atoms with Crippen molar-refractivity contribution in [3.8, 4) is 0 Å². The summed E-state index contributed by atoms with van der Waals surface area (Å²) in [6.07, 6.45) is 0.959. The summed E-state index contributed by atoms with van der Waals surface area (Å²) in [4.78, 5) is -0.313. The second-order valence-electron chi connectivity index (χ2n) is 3.82. The molecule has 1 aromatic carbocycles. The zero-order valence-corrected chi connectivity index (χ0v) is 12.7. The Balaban J connectivity index is 2.75. The minimum Gasteiger partial charge on any atom is -0.315 e. The van der Waals surface area contributed by atoms with E-state index in [-0.39, 0.29) is 16.5 Å². The normalized spacial score (nSPS) is 11.8. The number of benzene rings is 1. The molecule has 0 aliphatic heterocycles. The first-order valence-corrected chi connectivity index (χ1v) is 7.98. The van der Waals surface area contributed by atoms with Gasteiger partial charge < -0.3 is 5.32 Å². The van der Waals surface area contributed by atoms with Gasteiger partial charge in [-0.3, -0.25) is 0 Å². The maximum absolute atomic E-state index is 13.4. The summed E-state index contributed by atoms with van der Waals surface area (Å²) in [5.41, 5.74) is 0. The highest BCUT2D eigenvalue weighted by Gasteiger charge is 2.21. The number of hydrogen-bond donors (Lipinski definition) is 2. The van der Waals surface area contributed by atoms with Gasteiger partial charge in [-0.25, -0.2) is 17.5 Å². The second kappa shape index (κ2) is 7.40. The maximum atomic E-state index is 13.4. The van der Waals surface area contributed by atoms with Crippen molar-refractivity contribution in [2.45, 2.75) is 18.2 Å².